The molecule has 1 heterocycles. The van der Waals surface area contributed by atoms with Crippen molar-refractivity contribution in [2.24, 2.45) is 0 Å². The van der Waals surface area contributed by atoms with Crippen molar-refractivity contribution in [3.8, 4) is 0 Å². The number of anilines is 1. The van der Waals surface area contributed by atoms with Crippen LogP contribution in [-0.2, 0) is 16.6 Å². The zero-order valence-electron chi connectivity index (χ0n) is 9.27. The fourth-order valence-electron chi connectivity index (χ4n) is 1.52. The van der Waals surface area contributed by atoms with Crippen molar-refractivity contribution < 1.29 is 4.21 Å². The van der Waals surface area contributed by atoms with Gasteiger partial charge in [-0.3, -0.25) is 9.19 Å². The first-order chi connectivity index (χ1) is 8.58. The van der Waals surface area contributed by atoms with Crippen molar-refractivity contribution in [1.82, 2.24) is 4.98 Å². The van der Waals surface area contributed by atoms with Gasteiger partial charge >= 0.3 is 0 Å². The van der Waals surface area contributed by atoms with E-state index < -0.39 is 10.8 Å². The summed E-state index contributed by atoms with van der Waals surface area (Å²) in [4.78, 5) is 4.52. The van der Waals surface area contributed by atoms with Gasteiger partial charge in [0, 0.05) is 22.6 Å². The first-order valence-corrected chi connectivity index (χ1v) is 7.58. The van der Waals surface area contributed by atoms with E-state index in [1.807, 2.05) is 6.07 Å². The van der Waals surface area contributed by atoms with Gasteiger partial charge < -0.3 is 5.73 Å². The van der Waals surface area contributed by atoms with Gasteiger partial charge in [0.05, 0.1) is 26.5 Å². The zero-order chi connectivity index (χ0) is 13.1. The highest BCUT2D eigenvalue weighted by Crippen LogP contribution is 2.27. The van der Waals surface area contributed by atoms with E-state index in [0.29, 0.717) is 21.4 Å². The molecule has 0 aliphatic carbocycles. The number of aromatic nitrogens is 1. The standard InChI is InChI=1S/C12H10BrClN2OS/c13-9-4-8(5-16-6-9)7-18(17)12-10(14)2-1-3-11(12)15/h1-6H,7,15H2. The molecule has 3 nitrogen and oxygen atoms in total. The molecule has 0 fully saturated rings. The van der Waals surface area contributed by atoms with Gasteiger partial charge in [-0.1, -0.05) is 17.7 Å². The number of hydrogen-bond donors (Lipinski definition) is 1. The fourth-order valence-corrected chi connectivity index (χ4v) is 3.60. The maximum atomic E-state index is 12.3. The first kappa shape index (κ1) is 13.5. The third kappa shape index (κ3) is 3.10. The highest BCUT2D eigenvalue weighted by molar-refractivity contribution is 9.10. The van der Waals surface area contributed by atoms with Crippen molar-refractivity contribution in [2.45, 2.75) is 10.6 Å². The Labute approximate surface area is 121 Å². The lowest BCUT2D eigenvalue weighted by molar-refractivity contribution is 0.683. The average Bonchev–Trinajstić information content (AvgIpc) is 2.28. The number of nitrogen functional groups attached to an aromatic ring is 1. The second-order valence-electron chi connectivity index (χ2n) is 3.66. The van der Waals surface area contributed by atoms with Crippen LogP contribution in [0.25, 0.3) is 0 Å². The summed E-state index contributed by atoms with van der Waals surface area (Å²) in [6, 6.07) is 6.99. The highest BCUT2D eigenvalue weighted by atomic mass is 79.9. The minimum atomic E-state index is -1.28. The Bertz CT molecular complexity index is 586. The van der Waals surface area contributed by atoms with Crippen LogP contribution in [0.2, 0.25) is 5.02 Å². The zero-order valence-corrected chi connectivity index (χ0v) is 12.4. The van der Waals surface area contributed by atoms with Crippen molar-refractivity contribution in [1.29, 1.82) is 0 Å². The minimum Gasteiger partial charge on any atom is -0.398 e. The van der Waals surface area contributed by atoms with Gasteiger partial charge in [-0.25, -0.2) is 0 Å². The Kier molecular flexibility index (Phi) is 4.37. The van der Waals surface area contributed by atoms with Gasteiger partial charge in [0.25, 0.3) is 0 Å². The molecule has 0 amide bonds. The summed E-state index contributed by atoms with van der Waals surface area (Å²) in [6.45, 7) is 0. The SMILES string of the molecule is Nc1cccc(Cl)c1S(=O)Cc1cncc(Br)c1. The van der Waals surface area contributed by atoms with Gasteiger partial charge in [0.15, 0.2) is 0 Å². The van der Waals surface area contributed by atoms with Gasteiger partial charge in [-0.2, -0.15) is 0 Å². The van der Waals surface area contributed by atoms with Crippen molar-refractivity contribution in [2.75, 3.05) is 5.73 Å². The van der Waals surface area contributed by atoms with Gasteiger partial charge in [0.1, 0.15) is 0 Å². The molecule has 6 heteroatoms. The summed E-state index contributed by atoms with van der Waals surface area (Å²) >= 11 is 9.35. The molecule has 1 unspecified atom stereocenters. The molecule has 1 aromatic carbocycles. The van der Waals surface area contributed by atoms with Crippen molar-refractivity contribution >= 4 is 44.0 Å². The summed E-state index contributed by atoms with van der Waals surface area (Å²) < 4.78 is 13.1. The van der Waals surface area contributed by atoms with Crippen LogP contribution >= 0.6 is 27.5 Å². The van der Waals surface area contributed by atoms with Crippen molar-refractivity contribution in [3.63, 3.8) is 0 Å². The second kappa shape index (κ2) is 5.82. The van der Waals surface area contributed by atoms with Gasteiger partial charge in [0.2, 0.25) is 0 Å². The number of pyridine rings is 1. The Morgan fingerprint density at radius 3 is 2.83 bits per heavy atom. The maximum Gasteiger partial charge on any atom is 0.0806 e. The van der Waals surface area contributed by atoms with Crippen LogP contribution in [0.5, 0.6) is 0 Å². The molecule has 2 rings (SSSR count). The van der Waals surface area contributed by atoms with E-state index in [4.69, 9.17) is 17.3 Å². The largest absolute Gasteiger partial charge is 0.398 e. The molecule has 1 atom stereocenters. The van der Waals surface area contributed by atoms with Crippen LogP contribution < -0.4 is 5.73 Å². The van der Waals surface area contributed by atoms with Crippen LogP contribution in [0.3, 0.4) is 0 Å². The third-order valence-corrected chi connectivity index (χ3v) is 4.65. The number of halogens is 2. The lowest BCUT2D eigenvalue weighted by atomic mass is 10.3. The van der Waals surface area contributed by atoms with Crippen LogP contribution in [0.1, 0.15) is 5.56 Å². The van der Waals surface area contributed by atoms with Crippen molar-refractivity contribution in [3.05, 3.63) is 51.7 Å². The topological polar surface area (TPSA) is 56.0 Å². The number of benzene rings is 1. The Morgan fingerprint density at radius 2 is 2.17 bits per heavy atom. The average molecular weight is 346 g/mol. The Morgan fingerprint density at radius 1 is 1.39 bits per heavy atom. The smallest absolute Gasteiger partial charge is 0.0806 e. The normalized spacial score (nSPS) is 12.3. The summed E-state index contributed by atoms with van der Waals surface area (Å²) in [7, 11) is -1.28. The van der Waals surface area contributed by atoms with Crippen LogP contribution in [0, 0.1) is 0 Å². The number of nitrogens with zero attached hydrogens (tertiary/aromatic N) is 1. The van der Waals surface area contributed by atoms with E-state index in [-0.39, 0.29) is 0 Å². The molecule has 94 valence electrons. The molecule has 0 aliphatic heterocycles. The molecule has 0 saturated heterocycles. The van der Waals surface area contributed by atoms with E-state index in [0.717, 1.165) is 10.0 Å². The monoisotopic (exact) mass is 344 g/mol. The molecule has 18 heavy (non-hydrogen) atoms. The first-order valence-electron chi connectivity index (χ1n) is 5.09. The highest BCUT2D eigenvalue weighted by Gasteiger charge is 2.13. The van der Waals surface area contributed by atoms with E-state index in [1.54, 1.807) is 30.6 Å². The molecule has 0 spiro atoms. The lowest BCUT2D eigenvalue weighted by Gasteiger charge is -2.07. The fraction of sp³-hybridized carbons (Fsp3) is 0.0833. The van der Waals surface area contributed by atoms with Crippen LogP contribution in [0.4, 0.5) is 5.69 Å². The van der Waals surface area contributed by atoms with E-state index >= 15 is 0 Å². The van der Waals surface area contributed by atoms with E-state index in [2.05, 4.69) is 20.9 Å². The predicted octanol–water partition coefficient (Wildman–Crippen LogP) is 3.39. The van der Waals surface area contributed by atoms with Gasteiger partial charge in [-0.15, -0.1) is 0 Å². The number of hydrogen-bond acceptors (Lipinski definition) is 3. The maximum absolute atomic E-state index is 12.3. The summed E-state index contributed by atoms with van der Waals surface area (Å²) in [5, 5.41) is 0.427. The molecule has 2 N–H and O–H groups in total. The molecule has 0 aliphatic rings. The van der Waals surface area contributed by atoms with E-state index in [1.165, 1.54) is 0 Å². The van der Waals surface area contributed by atoms with E-state index in [9.17, 15) is 4.21 Å². The molecular formula is C12H10BrClN2OS. The molecule has 1 aromatic heterocycles. The Balaban J connectivity index is 2.28. The molecule has 0 radical (unpaired) electrons. The summed E-state index contributed by atoms with van der Waals surface area (Å²) in [5.41, 5.74) is 7.11. The molecule has 2 aromatic rings. The second-order valence-corrected chi connectivity index (χ2v) is 6.37. The van der Waals surface area contributed by atoms with Crippen LogP contribution in [-0.4, -0.2) is 9.19 Å². The predicted molar refractivity (Wildman–Crippen MR) is 77.9 cm³/mol. The van der Waals surface area contributed by atoms with Gasteiger partial charge in [-0.05, 0) is 39.7 Å². The minimum absolute atomic E-state index is 0.334. The summed E-state index contributed by atoms with van der Waals surface area (Å²) in [6.07, 6.45) is 3.35. The number of rotatable bonds is 3. The summed E-state index contributed by atoms with van der Waals surface area (Å²) in [5.74, 6) is 0.334. The van der Waals surface area contributed by atoms with Crippen LogP contribution in [0.15, 0.2) is 46.0 Å². The molecule has 0 saturated carbocycles. The quantitative estimate of drug-likeness (QED) is 0.868. The molecule has 0 bridgehead atoms. The molecular weight excluding hydrogens is 336 g/mol. The lowest BCUT2D eigenvalue weighted by Crippen LogP contribution is -2.02. The Hall–Kier alpha value is -0.910. The number of nitrogens with two attached hydrogens (primary N) is 1. The third-order valence-electron chi connectivity index (χ3n) is 2.28.